The van der Waals surface area contributed by atoms with Crippen LogP contribution < -0.4 is 10.1 Å². The van der Waals surface area contributed by atoms with Gasteiger partial charge in [0.1, 0.15) is 5.75 Å². The van der Waals surface area contributed by atoms with Gasteiger partial charge in [0, 0.05) is 11.0 Å². The minimum absolute atomic E-state index is 0.358. The Morgan fingerprint density at radius 3 is 2.36 bits per heavy atom. The highest BCUT2D eigenvalue weighted by Gasteiger charge is 2.38. The Morgan fingerprint density at radius 2 is 1.75 bits per heavy atom. The van der Waals surface area contributed by atoms with Crippen molar-refractivity contribution < 1.29 is 27.8 Å². The monoisotopic (exact) mass is 391 g/mol. The lowest BCUT2D eigenvalue weighted by Crippen LogP contribution is -2.43. The quantitative estimate of drug-likeness (QED) is 0.670. The van der Waals surface area contributed by atoms with E-state index in [9.17, 15) is 18.0 Å². The molecule has 0 aromatic heterocycles. The third-order valence-electron chi connectivity index (χ3n) is 4.70. The van der Waals surface area contributed by atoms with Crippen LogP contribution in [0, 0.1) is 5.41 Å². The van der Waals surface area contributed by atoms with Gasteiger partial charge in [-0.2, -0.15) is 13.2 Å². The third kappa shape index (κ3) is 4.30. The van der Waals surface area contributed by atoms with Gasteiger partial charge < -0.3 is 15.2 Å². The molecule has 1 aliphatic rings. The van der Waals surface area contributed by atoms with Crippen LogP contribution >= 0.6 is 0 Å². The number of fused-ring (bicyclic) bond motifs is 1. The number of ether oxygens (including phenoxy) is 1. The van der Waals surface area contributed by atoms with Crippen LogP contribution in [0.3, 0.4) is 0 Å². The number of carbonyl (C=O) groups is 1. The fourth-order valence-electron chi connectivity index (χ4n) is 3.16. The smallest absolute Gasteiger partial charge is 0.416 e. The molecule has 1 unspecified atom stereocenters. The van der Waals surface area contributed by atoms with E-state index in [2.05, 4.69) is 5.32 Å². The number of alkyl halides is 3. The van der Waals surface area contributed by atoms with Gasteiger partial charge in [-0.1, -0.05) is 50.3 Å². The Balaban J connectivity index is 1.82. The van der Waals surface area contributed by atoms with Crippen molar-refractivity contribution in [1.29, 1.82) is 0 Å². The molecule has 1 atom stereocenters. The molecule has 0 spiro atoms. The van der Waals surface area contributed by atoms with E-state index in [-0.39, 0.29) is 0 Å². The zero-order valence-corrected chi connectivity index (χ0v) is 15.4. The van der Waals surface area contributed by atoms with Crippen LogP contribution in [0.1, 0.15) is 42.1 Å². The van der Waals surface area contributed by atoms with Crippen molar-refractivity contribution >= 4 is 18.2 Å². The highest BCUT2D eigenvalue weighted by molar-refractivity contribution is 5.71. The maximum absolute atomic E-state index is 12.6. The van der Waals surface area contributed by atoms with Crippen molar-refractivity contribution in [3.8, 4) is 5.75 Å². The van der Waals surface area contributed by atoms with Crippen molar-refractivity contribution in [2.75, 3.05) is 6.61 Å². The molecule has 0 saturated heterocycles. The van der Waals surface area contributed by atoms with E-state index >= 15 is 0 Å². The molecule has 0 fully saturated rings. The van der Waals surface area contributed by atoms with Gasteiger partial charge in [-0.05, 0) is 29.3 Å². The lowest BCUT2D eigenvalue weighted by Gasteiger charge is -2.39. The molecular weight excluding hydrogens is 371 g/mol. The first-order chi connectivity index (χ1) is 13.1. The zero-order chi connectivity index (χ0) is 20.5. The van der Waals surface area contributed by atoms with Gasteiger partial charge >= 0.3 is 12.3 Å². The van der Waals surface area contributed by atoms with Crippen LogP contribution in [0.4, 0.5) is 18.0 Å². The first-order valence-corrected chi connectivity index (χ1v) is 8.68. The summed E-state index contributed by atoms with van der Waals surface area (Å²) in [6, 6.07) is 9.92. The van der Waals surface area contributed by atoms with Gasteiger partial charge in [0.25, 0.3) is 0 Å². The summed E-state index contributed by atoms with van der Waals surface area (Å²) >= 11 is 0. The normalized spacial score (nSPS) is 18.4. The minimum atomic E-state index is -4.35. The summed E-state index contributed by atoms with van der Waals surface area (Å²) in [5, 5.41) is 11.7. The summed E-state index contributed by atoms with van der Waals surface area (Å²) in [4.78, 5) is 11.1. The van der Waals surface area contributed by atoms with E-state index in [1.807, 2.05) is 26.0 Å². The number of hydrogen-bond donors (Lipinski definition) is 2. The molecule has 3 rings (SSSR count). The summed E-state index contributed by atoms with van der Waals surface area (Å²) in [6.45, 7) is 4.21. The van der Waals surface area contributed by atoms with Gasteiger partial charge in [-0.3, -0.25) is 0 Å². The van der Waals surface area contributed by atoms with Crippen molar-refractivity contribution in [3.05, 3.63) is 64.7 Å². The van der Waals surface area contributed by atoms with Crippen LogP contribution in [-0.4, -0.2) is 17.8 Å². The molecule has 0 saturated carbocycles. The largest absolute Gasteiger partial charge is 0.493 e. The van der Waals surface area contributed by atoms with Crippen LogP contribution in [0.15, 0.2) is 42.5 Å². The lowest BCUT2D eigenvalue weighted by molar-refractivity contribution is -0.137. The highest BCUT2D eigenvalue weighted by atomic mass is 19.4. The Hall–Kier alpha value is -2.96. The summed E-state index contributed by atoms with van der Waals surface area (Å²) in [6.07, 6.45) is -1.98. The highest BCUT2D eigenvalue weighted by Crippen LogP contribution is 2.43. The molecule has 2 N–H and O–H groups in total. The number of halogens is 3. The summed E-state index contributed by atoms with van der Waals surface area (Å²) < 4.78 is 43.7. The molecule has 28 heavy (non-hydrogen) atoms. The molecule has 1 heterocycles. The Kier molecular flexibility index (Phi) is 5.10. The predicted molar refractivity (Wildman–Crippen MR) is 100.0 cm³/mol. The van der Waals surface area contributed by atoms with Gasteiger partial charge in [-0.25, -0.2) is 4.79 Å². The molecule has 2 aromatic rings. The molecule has 1 amide bonds. The maximum atomic E-state index is 12.6. The Morgan fingerprint density at radius 1 is 1.14 bits per heavy atom. The fourth-order valence-corrected chi connectivity index (χ4v) is 3.16. The number of rotatable bonds is 3. The number of carboxylic acid groups (broad SMARTS) is 1. The second-order valence-corrected chi connectivity index (χ2v) is 7.41. The van der Waals surface area contributed by atoms with Crippen molar-refractivity contribution in [2.24, 2.45) is 5.41 Å². The predicted octanol–water partition coefficient (Wildman–Crippen LogP) is 5.60. The molecule has 7 heteroatoms. The minimum Gasteiger partial charge on any atom is -0.493 e. The Bertz CT molecular complexity index is 902. The average Bonchev–Trinajstić information content (AvgIpc) is 2.62. The van der Waals surface area contributed by atoms with Gasteiger partial charge in [-0.15, -0.1) is 0 Å². The number of benzene rings is 2. The summed E-state index contributed by atoms with van der Waals surface area (Å²) in [7, 11) is 0. The maximum Gasteiger partial charge on any atom is 0.416 e. The average molecular weight is 391 g/mol. The van der Waals surface area contributed by atoms with E-state index in [4.69, 9.17) is 9.84 Å². The SMILES string of the molecule is CC1(C)COc2cc(/C=C/c3ccc(C(F)(F)F)cc3)ccc2C1NC(=O)O. The van der Waals surface area contributed by atoms with Gasteiger partial charge in [0.2, 0.25) is 0 Å². The number of hydrogen-bond acceptors (Lipinski definition) is 2. The van der Waals surface area contributed by atoms with E-state index in [1.165, 1.54) is 12.1 Å². The molecule has 148 valence electrons. The Labute approximate surface area is 160 Å². The lowest BCUT2D eigenvalue weighted by atomic mass is 9.79. The number of amides is 1. The van der Waals surface area contributed by atoms with E-state index in [1.54, 1.807) is 18.2 Å². The van der Waals surface area contributed by atoms with Crippen molar-refractivity contribution in [1.82, 2.24) is 5.32 Å². The van der Waals surface area contributed by atoms with Gasteiger partial charge in [0.15, 0.2) is 0 Å². The standard InChI is InChI=1S/C21H20F3NO3/c1-20(2)12-28-17-11-14(7-10-16(17)18(20)25-19(26)27)4-3-13-5-8-15(9-6-13)21(22,23)24/h3-11,18,25H,12H2,1-2H3,(H,26,27)/b4-3+. The third-order valence-corrected chi connectivity index (χ3v) is 4.70. The molecule has 0 radical (unpaired) electrons. The topological polar surface area (TPSA) is 58.6 Å². The second kappa shape index (κ2) is 7.22. The molecule has 0 aliphatic carbocycles. The molecule has 4 nitrogen and oxygen atoms in total. The van der Waals surface area contributed by atoms with Crippen LogP contribution in [0.5, 0.6) is 5.75 Å². The first kappa shape index (κ1) is 19.8. The molecule has 0 bridgehead atoms. The fraction of sp³-hybridized carbons (Fsp3) is 0.286. The van der Waals surface area contributed by atoms with Crippen molar-refractivity contribution in [2.45, 2.75) is 26.1 Å². The summed E-state index contributed by atoms with van der Waals surface area (Å²) in [5.41, 5.74) is 1.10. The molecular formula is C21H20F3NO3. The second-order valence-electron chi connectivity index (χ2n) is 7.41. The van der Waals surface area contributed by atoms with Gasteiger partial charge in [0.05, 0.1) is 18.2 Å². The van der Waals surface area contributed by atoms with E-state index in [0.29, 0.717) is 17.9 Å². The molecule has 1 aliphatic heterocycles. The first-order valence-electron chi connectivity index (χ1n) is 8.68. The van der Waals surface area contributed by atoms with Crippen LogP contribution in [0.2, 0.25) is 0 Å². The van der Waals surface area contributed by atoms with Crippen molar-refractivity contribution in [3.63, 3.8) is 0 Å². The summed E-state index contributed by atoms with van der Waals surface area (Å²) in [5.74, 6) is 0.590. The van der Waals surface area contributed by atoms with E-state index < -0.39 is 29.3 Å². The van der Waals surface area contributed by atoms with E-state index in [0.717, 1.165) is 23.3 Å². The zero-order valence-electron chi connectivity index (χ0n) is 15.4. The van der Waals surface area contributed by atoms with Crippen LogP contribution in [-0.2, 0) is 6.18 Å². The molecule has 2 aromatic carbocycles. The van der Waals surface area contributed by atoms with Crippen LogP contribution in [0.25, 0.3) is 12.2 Å². The number of nitrogens with one attached hydrogen (secondary N) is 1.